The van der Waals surface area contributed by atoms with E-state index < -0.39 is 0 Å². The van der Waals surface area contributed by atoms with Crippen molar-refractivity contribution in [1.29, 1.82) is 0 Å². The predicted molar refractivity (Wildman–Crippen MR) is 94.6 cm³/mol. The molecule has 0 saturated carbocycles. The summed E-state index contributed by atoms with van der Waals surface area (Å²) in [6.07, 6.45) is 2.35. The molecule has 2 unspecified atom stereocenters. The highest BCUT2D eigenvalue weighted by atomic mass is 32.2. The largest absolute Gasteiger partial charge is 0.358 e. The first-order valence-corrected chi connectivity index (χ1v) is 8.98. The van der Waals surface area contributed by atoms with E-state index in [9.17, 15) is 0 Å². The Hall–Kier alpha value is -1.74. The van der Waals surface area contributed by atoms with Gasteiger partial charge in [-0.1, -0.05) is 66.4 Å². The second-order valence-corrected chi connectivity index (χ2v) is 6.99. The van der Waals surface area contributed by atoms with Crippen LogP contribution in [-0.2, 0) is 0 Å². The highest BCUT2D eigenvalue weighted by molar-refractivity contribution is 8.14. The van der Waals surface area contributed by atoms with Gasteiger partial charge in [0.05, 0.1) is 12.6 Å². The summed E-state index contributed by atoms with van der Waals surface area (Å²) in [4.78, 5) is 4.55. The maximum absolute atomic E-state index is 4.55. The smallest absolute Gasteiger partial charge is 0.157 e. The molecule has 2 atom stereocenters. The zero-order valence-electron chi connectivity index (χ0n) is 12.5. The van der Waals surface area contributed by atoms with Crippen molar-refractivity contribution in [3.63, 3.8) is 0 Å². The van der Waals surface area contributed by atoms with Crippen molar-refractivity contribution < 1.29 is 0 Å². The first-order chi connectivity index (χ1) is 10.9. The Balaban J connectivity index is 1.66. The van der Waals surface area contributed by atoms with Gasteiger partial charge in [0.25, 0.3) is 0 Å². The average Bonchev–Trinajstić information content (AvgIpc) is 3.09. The number of aliphatic imine (C=N–C) groups is 1. The van der Waals surface area contributed by atoms with Crippen LogP contribution in [0.3, 0.4) is 0 Å². The lowest BCUT2D eigenvalue weighted by atomic mass is 9.77. The third-order valence-corrected chi connectivity index (χ3v) is 5.48. The molecule has 4 rings (SSSR count). The molecular formula is C19H20N2S. The summed E-state index contributed by atoms with van der Waals surface area (Å²) in [6.45, 7) is 0.952. The van der Waals surface area contributed by atoms with E-state index in [-0.39, 0.29) is 0 Å². The Kier molecular flexibility index (Phi) is 3.90. The van der Waals surface area contributed by atoms with Gasteiger partial charge in [0.15, 0.2) is 5.17 Å². The van der Waals surface area contributed by atoms with Gasteiger partial charge < -0.3 is 5.32 Å². The molecule has 2 nitrogen and oxygen atoms in total. The highest BCUT2D eigenvalue weighted by Crippen LogP contribution is 2.41. The Morgan fingerprint density at radius 2 is 1.68 bits per heavy atom. The number of hydrogen-bond donors (Lipinski definition) is 1. The third kappa shape index (κ3) is 2.66. The first-order valence-electron chi connectivity index (χ1n) is 7.99. The highest BCUT2D eigenvalue weighted by Gasteiger charge is 2.28. The molecular weight excluding hydrogens is 288 g/mol. The van der Waals surface area contributed by atoms with Crippen LogP contribution in [0.15, 0.2) is 59.6 Å². The number of amidine groups is 1. The zero-order chi connectivity index (χ0) is 14.8. The molecule has 0 amide bonds. The van der Waals surface area contributed by atoms with Crippen LogP contribution < -0.4 is 5.32 Å². The second kappa shape index (κ2) is 6.17. The lowest BCUT2D eigenvalue weighted by Crippen LogP contribution is -2.29. The molecule has 1 N–H and O–H groups in total. The third-order valence-electron chi connectivity index (χ3n) is 4.58. The average molecular weight is 308 g/mol. The van der Waals surface area contributed by atoms with Gasteiger partial charge in [-0.3, -0.25) is 4.99 Å². The topological polar surface area (TPSA) is 24.4 Å². The summed E-state index contributed by atoms with van der Waals surface area (Å²) >= 11 is 1.85. The van der Waals surface area contributed by atoms with E-state index >= 15 is 0 Å². The van der Waals surface area contributed by atoms with Crippen LogP contribution in [0.4, 0.5) is 0 Å². The Morgan fingerprint density at radius 1 is 0.909 bits per heavy atom. The molecule has 1 aliphatic heterocycles. The van der Waals surface area contributed by atoms with Crippen LogP contribution in [0, 0.1) is 0 Å². The van der Waals surface area contributed by atoms with Gasteiger partial charge in [0.2, 0.25) is 0 Å². The van der Waals surface area contributed by atoms with Crippen LogP contribution >= 0.6 is 11.8 Å². The molecule has 0 spiro atoms. The lowest BCUT2D eigenvalue weighted by molar-refractivity contribution is 0.498. The number of rotatable bonds is 2. The fourth-order valence-corrected chi connectivity index (χ4v) is 4.33. The Labute approximate surface area is 136 Å². The quantitative estimate of drug-likeness (QED) is 0.892. The fraction of sp³-hybridized carbons (Fsp3) is 0.316. The monoisotopic (exact) mass is 308 g/mol. The molecule has 2 aromatic rings. The summed E-state index contributed by atoms with van der Waals surface area (Å²) in [7, 11) is 0. The predicted octanol–water partition coefficient (Wildman–Crippen LogP) is 4.35. The molecule has 2 aliphatic rings. The van der Waals surface area contributed by atoms with Crippen LogP contribution in [0.1, 0.15) is 41.5 Å². The molecule has 1 aliphatic carbocycles. The van der Waals surface area contributed by atoms with E-state index in [1.807, 2.05) is 11.8 Å². The second-order valence-electron chi connectivity index (χ2n) is 5.90. The Morgan fingerprint density at radius 3 is 2.45 bits per heavy atom. The molecule has 0 radical (unpaired) electrons. The van der Waals surface area contributed by atoms with Gasteiger partial charge in [-0.15, -0.1) is 0 Å². The standard InChI is InChI=1S/C19H20N2S/c1-2-6-14(7-3-1)15-10-11-18(21-19-20-12-13-22-19)17-9-5-4-8-16(15)17/h1-9,15,18H,10-13H2,(H,20,21). The van der Waals surface area contributed by atoms with Crippen molar-refractivity contribution in [2.75, 3.05) is 12.3 Å². The zero-order valence-corrected chi connectivity index (χ0v) is 13.4. The van der Waals surface area contributed by atoms with Crippen LogP contribution in [0.25, 0.3) is 0 Å². The van der Waals surface area contributed by atoms with Gasteiger partial charge in [-0.05, 0) is 29.5 Å². The number of nitrogens with zero attached hydrogens (tertiary/aromatic N) is 1. The maximum Gasteiger partial charge on any atom is 0.157 e. The van der Waals surface area contributed by atoms with Gasteiger partial charge in [-0.2, -0.15) is 0 Å². The summed E-state index contributed by atoms with van der Waals surface area (Å²) < 4.78 is 0. The molecule has 0 aromatic heterocycles. The van der Waals surface area contributed by atoms with E-state index in [0.717, 1.165) is 23.9 Å². The van der Waals surface area contributed by atoms with E-state index in [0.29, 0.717) is 12.0 Å². The van der Waals surface area contributed by atoms with Crippen LogP contribution in [-0.4, -0.2) is 17.5 Å². The molecule has 0 fully saturated rings. The lowest BCUT2D eigenvalue weighted by Gasteiger charge is -2.32. The summed E-state index contributed by atoms with van der Waals surface area (Å²) in [6, 6.07) is 20.2. The molecule has 0 bridgehead atoms. The minimum Gasteiger partial charge on any atom is -0.358 e. The van der Waals surface area contributed by atoms with Gasteiger partial charge in [-0.25, -0.2) is 0 Å². The molecule has 22 heavy (non-hydrogen) atoms. The number of nitrogens with one attached hydrogen (secondary N) is 1. The normalized spacial score (nSPS) is 23.7. The first kappa shape index (κ1) is 13.9. The van der Waals surface area contributed by atoms with Gasteiger partial charge >= 0.3 is 0 Å². The minimum absolute atomic E-state index is 0.403. The van der Waals surface area contributed by atoms with Crippen molar-refractivity contribution in [1.82, 2.24) is 5.32 Å². The van der Waals surface area contributed by atoms with Crippen molar-refractivity contribution in [2.24, 2.45) is 4.99 Å². The molecule has 0 saturated heterocycles. The number of benzene rings is 2. The van der Waals surface area contributed by atoms with Crippen molar-refractivity contribution >= 4 is 16.9 Å². The maximum atomic E-state index is 4.55. The molecule has 3 heteroatoms. The minimum atomic E-state index is 0.403. The van der Waals surface area contributed by atoms with Crippen molar-refractivity contribution in [2.45, 2.75) is 24.8 Å². The Bertz CT molecular complexity index is 681. The summed E-state index contributed by atoms with van der Waals surface area (Å²) in [5, 5.41) is 4.78. The number of fused-ring (bicyclic) bond motifs is 1. The van der Waals surface area contributed by atoms with E-state index in [1.165, 1.54) is 23.1 Å². The molecule has 2 aromatic carbocycles. The summed E-state index contributed by atoms with van der Waals surface area (Å²) in [5.74, 6) is 1.64. The van der Waals surface area contributed by atoms with Crippen molar-refractivity contribution in [3.8, 4) is 0 Å². The van der Waals surface area contributed by atoms with Crippen LogP contribution in [0.5, 0.6) is 0 Å². The van der Waals surface area contributed by atoms with Crippen molar-refractivity contribution in [3.05, 3.63) is 71.3 Å². The fourth-order valence-electron chi connectivity index (χ4n) is 3.54. The van der Waals surface area contributed by atoms with E-state index in [4.69, 9.17) is 0 Å². The van der Waals surface area contributed by atoms with E-state index in [2.05, 4.69) is 64.9 Å². The van der Waals surface area contributed by atoms with Gasteiger partial charge in [0, 0.05) is 11.7 Å². The SMILES string of the molecule is c1ccc(C2CCC(NC3=NCCS3)c3ccccc32)cc1. The number of hydrogen-bond acceptors (Lipinski definition) is 3. The van der Waals surface area contributed by atoms with Crippen LogP contribution in [0.2, 0.25) is 0 Å². The van der Waals surface area contributed by atoms with Gasteiger partial charge in [0.1, 0.15) is 0 Å². The molecule has 1 heterocycles. The van der Waals surface area contributed by atoms with E-state index in [1.54, 1.807) is 0 Å². The summed E-state index contributed by atoms with van der Waals surface area (Å²) in [5.41, 5.74) is 4.35. The number of thioether (sulfide) groups is 1. The molecule has 112 valence electrons.